The molecular formula is C23H14BrN5O4. The van der Waals surface area contributed by atoms with E-state index in [1.54, 1.807) is 6.07 Å². The van der Waals surface area contributed by atoms with Gasteiger partial charge in [0.05, 0.1) is 21.5 Å². The summed E-state index contributed by atoms with van der Waals surface area (Å²) in [5, 5.41) is 15.8. The predicted octanol–water partition coefficient (Wildman–Crippen LogP) is 4.89. The third kappa shape index (κ3) is 4.11. The van der Waals surface area contributed by atoms with Crippen LogP contribution in [0.15, 0.2) is 86.8 Å². The number of fused-ring (bicyclic) bond motifs is 2. The minimum atomic E-state index is -0.536. The van der Waals surface area contributed by atoms with Gasteiger partial charge in [0.15, 0.2) is 0 Å². The van der Waals surface area contributed by atoms with E-state index in [9.17, 15) is 14.9 Å². The van der Waals surface area contributed by atoms with E-state index < -0.39 is 10.8 Å². The lowest BCUT2D eigenvalue weighted by Gasteiger charge is -2.04. The molecule has 0 bridgehead atoms. The summed E-state index contributed by atoms with van der Waals surface area (Å²) < 4.78 is 6.87. The number of aromatic nitrogens is 2. The van der Waals surface area contributed by atoms with Crippen molar-refractivity contribution in [2.24, 2.45) is 5.10 Å². The van der Waals surface area contributed by atoms with Crippen LogP contribution in [0.1, 0.15) is 10.4 Å². The molecular weight excluding hydrogens is 490 g/mol. The maximum atomic E-state index is 12.6. The van der Waals surface area contributed by atoms with Gasteiger partial charge in [-0.1, -0.05) is 28.1 Å². The van der Waals surface area contributed by atoms with Crippen LogP contribution in [0.5, 0.6) is 0 Å². The van der Waals surface area contributed by atoms with Crippen LogP contribution in [0.2, 0.25) is 0 Å². The highest BCUT2D eigenvalue weighted by Crippen LogP contribution is 2.24. The lowest BCUT2D eigenvalue weighted by Crippen LogP contribution is -2.22. The van der Waals surface area contributed by atoms with Gasteiger partial charge < -0.3 is 9.40 Å². The zero-order chi connectivity index (χ0) is 22.9. The van der Waals surface area contributed by atoms with E-state index in [4.69, 9.17) is 4.42 Å². The van der Waals surface area contributed by atoms with Gasteiger partial charge in [0.2, 0.25) is 5.55 Å². The molecule has 5 aromatic rings. The lowest BCUT2D eigenvalue weighted by molar-refractivity contribution is -0.384. The molecule has 0 aliphatic rings. The Kier molecular flexibility index (Phi) is 5.19. The number of hydrogen-bond donors (Lipinski definition) is 2. The molecule has 0 aliphatic carbocycles. The topological polar surface area (TPSA) is 126 Å². The first-order valence-corrected chi connectivity index (χ1v) is 10.5. The summed E-state index contributed by atoms with van der Waals surface area (Å²) in [4.78, 5) is 30.7. The average molecular weight is 504 g/mol. The fourth-order valence-electron chi connectivity index (χ4n) is 3.34. The zero-order valence-electron chi connectivity index (χ0n) is 16.8. The summed E-state index contributed by atoms with van der Waals surface area (Å²) in [6.07, 6.45) is 0. The number of nitrogens with one attached hydrogen (secondary N) is 2. The fourth-order valence-corrected chi connectivity index (χ4v) is 3.71. The van der Waals surface area contributed by atoms with Crippen molar-refractivity contribution in [2.75, 3.05) is 0 Å². The molecule has 33 heavy (non-hydrogen) atoms. The molecule has 2 N–H and O–H groups in total. The number of nitrogens with zero attached hydrogens (tertiary/aromatic N) is 3. The SMILES string of the molecule is O=C(N/N=c1\oc2ccc(Br)cc2cc1-c1nc2ccccc2[nH]1)c1ccc([N+](=O)[O-])cc1. The van der Waals surface area contributed by atoms with Gasteiger partial charge >= 0.3 is 0 Å². The van der Waals surface area contributed by atoms with Crippen LogP contribution in [0, 0.1) is 10.1 Å². The summed E-state index contributed by atoms with van der Waals surface area (Å²) in [7, 11) is 0. The molecule has 162 valence electrons. The fraction of sp³-hybridized carbons (Fsp3) is 0. The highest BCUT2D eigenvalue weighted by Gasteiger charge is 2.13. The van der Waals surface area contributed by atoms with Crippen LogP contribution in [0.3, 0.4) is 0 Å². The van der Waals surface area contributed by atoms with Crippen molar-refractivity contribution in [1.82, 2.24) is 15.4 Å². The molecule has 0 spiro atoms. The smallest absolute Gasteiger partial charge is 0.271 e. The molecule has 0 radical (unpaired) electrons. The van der Waals surface area contributed by atoms with E-state index in [1.165, 1.54) is 24.3 Å². The summed E-state index contributed by atoms with van der Waals surface area (Å²) >= 11 is 3.46. The number of non-ortho nitro benzene ring substituents is 1. The van der Waals surface area contributed by atoms with Crippen molar-refractivity contribution >= 4 is 49.5 Å². The molecule has 0 unspecified atom stereocenters. The van der Waals surface area contributed by atoms with Gasteiger partial charge in [0, 0.05) is 27.6 Å². The molecule has 3 aromatic carbocycles. The van der Waals surface area contributed by atoms with Gasteiger partial charge in [0.25, 0.3) is 11.6 Å². The first-order valence-electron chi connectivity index (χ1n) is 9.75. The van der Waals surface area contributed by atoms with Gasteiger partial charge in [-0.2, -0.15) is 0 Å². The number of imidazole rings is 1. The number of carbonyl (C=O) groups excluding carboxylic acids is 1. The van der Waals surface area contributed by atoms with Crippen molar-refractivity contribution in [2.45, 2.75) is 0 Å². The van der Waals surface area contributed by atoms with E-state index in [-0.39, 0.29) is 16.8 Å². The third-order valence-electron chi connectivity index (χ3n) is 4.95. The van der Waals surface area contributed by atoms with E-state index in [2.05, 4.69) is 36.4 Å². The van der Waals surface area contributed by atoms with Gasteiger partial charge in [-0.15, -0.1) is 5.10 Å². The lowest BCUT2D eigenvalue weighted by atomic mass is 10.2. The maximum absolute atomic E-state index is 12.6. The molecule has 0 saturated carbocycles. The Hall–Kier alpha value is -4.31. The van der Waals surface area contributed by atoms with Crippen molar-refractivity contribution in [3.8, 4) is 11.4 Å². The first-order chi connectivity index (χ1) is 16.0. The maximum Gasteiger partial charge on any atom is 0.271 e. The molecule has 10 heteroatoms. The summed E-state index contributed by atoms with van der Waals surface area (Å²) in [6, 6.07) is 20.2. The summed E-state index contributed by atoms with van der Waals surface area (Å²) in [5.41, 5.74) is 5.48. The Balaban J connectivity index is 1.59. The molecule has 9 nitrogen and oxygen atoms in total. The number of carbonyl (C=O) groups is 1. The summed E-state index contributed by atoms with van der Waals surface area (Å²) in [6.45, 7) is 0. The van der Waals surface area contributed by atoms with Gasteiger partial charge in [-0.25, -0.2) is 10.4 Å². The Bertz CT molecular complexity index is 1570. The number of aromatic amines is 1. The van der Waals surface area contributed by atoms with E-state index in [0.717, 1.165) is 20.9 Å². The molecule has 1 amide bonds. The van der Waals surface area contributed by atoms with Crippen LogP contribution in [0.4, 0.5) is 5.69 Å². The standard InChI is InChI=1S/C23H14BrN5O4/c24-15-7-10-20-14(11-15)12-17(21-25-18-3-1-2-4-19(18)26-21)23(33-20)28-27-22(30)13-5-8-16(9-6-13)29(31)32/h1-12H,(H,25,26)(H,27,30)/b28-23-. The predicted molar refractivity (Wildman–Crippen MR) is 125 cm³/mol. The zero-order valence-corrected chi connectivity index (χ0v) is 18.4. The normalized spacial score (nSPS) is 11.7. The first kappa shape index (κ1) is 20.6. The Morgan fingerprint density at radius 3 is 2.64 bits per heavy atom. The van der Waals surface area contributed by atoms with E-state index in [0.29, 0.717) is 17.0 Å². The van der Waals surface area contributed by atoms with Crippen LogP contribution in [0.25, 0.3) is 33.4 Å². The molecule has 5 rings (SSSR count). The number of rotatable bonds is 4. The van der Waals surface area contributed by atoms with Gasteiger partial charge in [-0.05, 0) is 48.5 Å². The Morgan fingerprint density at radius 1 is 1.09 bits per heavy atom. The van der Waals surface area contributed by atoms with Crippen LogP contribution < -0.4 is 11.0 Å². The number of benzene rings is 3. The largest absolute Gasteiger partial charge is 0.436 e. The minimum Gasteiger partial charge on any atom is -0.436 e. The number of nitro benzene ring substituents is 1. The summed E-state index contributed by atoms with van der Waals surface area (Å²) in [5.74, 6) is -0.00304. The second-order valence-electron chi connectivity index (χ2n) is 7.11. The molecule has 0 aliphatic heterocycles. The van der Waals surface area contributed by atoms with E-state index >= 15 is 0 Å². The Labute approximate surface area is 194 Å². The van der Waals surface area contributed by atoms with Crippen molar-refractivity contribution in [1.29, 1.82) is 0 Å². The van der Waals surface area contributed by atoms with Crippen LogP contribution in [-0.4, -0.2) is 20.8 Å². The Morgan fingerprint density at radius 2 is 1.88 bits per heavy atom. The molecule has 0 fully saturated rings. The second-order valence-corrected chi connectivity index (χ2v) is 8.02. The number of H-pyrrole nitrogens is 1. The van der Waals surface area contributed by atoms with Crippen molar-refractivity contribution in [3.05, 3.63) is 98.5 Å². The van der Waals surface area contributed by atoms with E-state index in [1.807, 2.05) is 42.5 Å². The highest BCUT2D eigenvalue weighted by atomic mass is 79.9. The monoisotopic (exact) mass is 503 g/mol. The van der Waals surface area contributed by atoms with Crippen LogP contribution >= 0.6 is 15.9 Å². The number of nitro groups is 1. The highest BCUT2D eigenvalue weighted by molar-refractivity contribution is 9.10. The van der Waals surface area contributed by atoms with Crippen LogP contribution in [-0.2, 0) is 0 Å². The number of halogens is 1. The average Bonchev–Trinajstić information content (AvgIpc) is 3.26. The number of para-hydroxylation sites is 2. The molecule has 0 atom stereocenters. The molecule has 2 heterocycles. The number of amides is 1. The molecule has 2 aromatic heterocycles. The second kappa shape index (κ2) is 8.32. The minimum absolute atomic E-state index is 0.105. The van der Waals surface area contributed by atoms with Gasteiger partial charge in [-0.3, -0.25) is 14.9 Å². The number of hydrogen-bond acceptors (Lipinski definition) is 6. The third-order valence-corrected chi connectivity index (χ3v) is 5.45. The molecule has 0 saturated heterocycles. The quantitative estimate of drug-likeness (QED) is 0.266. The van der Waals surface area contributed by atoms with Gasteiger partial charge in [0.1, 0.15) is 11.4 Å². The van der Waals surface area contributed by atoms with Crippen molar-refractivity contribution in [3.63, 3.8) is 0 Å². The van der Waals surface area contributed by atoms with Crippen molar-refractivity contribution < 1.29 is 14.1 Å².